The van der Waals surface area contributed by atoms with Gasteiger partial charge < -0.3 is 5.11 Å². The van der Waals surface area contributed by atoms with Gasteiger partial charge in [-0.25, -0.2) is 0 Å². The third-order valence-electron chi connectivity index (χ3n) is 3.04. The van der Waals surface area contributed by atoms with Gasteiger partial charge >= 0.3 is 5.97 Å². The molecule has 2 rings (SSSR count). The smallest absolute Gasteiger partial charge is 0.320 e. The number of carbonyl (C=O) groups is 1. The summed E-state index contributed by atoms with van der Waals surface area (Å²) in [6.07, 6.45) is 5.00. The average molecular weight is 183 g/mol. The molecule has 0 aromatic carbocycles. The van der Waals surface area contributed by atoms with E-state index >= 15 is 0 Å². The topological polar surface area (TPSA) is 40.5 Å². The van der Waals surface area contributed by atoms with E-state index in [1.165, 1.54) is 25.7 Å². The van der Waals surface area contributed by atoms with Gasteiger partial charge in [-0.2, -0.15) is 0 Å². The lowest BCUT2D eigenvalue weighted by Gasteiger charge is -2.25. The standard InChI is InChI=1S/C10H17NO2/c1-7(10(12)13)11(9-4-5-9)6-8-2-3-8/h7-9H,2-6H2,1H3,(H,12,13). The Morgan fingerprint density at radius 2 is 2.08 bits per heavy atom. The summed E-state index contributed by atoms with van der Waals surface area (Å²) in [7, 11) is 0. The van der Waals surface area contributed by atoms with Crippen molar-refractivity contribution in [1.29, 1.82) is 0 Å². The molecule has 2 saturated carbocycles. The minimum absolute atomic E-state index is 0.284. The fourth-order valence-electron chi connectivity index (χ4n) is 1.77. The number of hydrogen-bond donors (Lipinski definition) is 1. The van der Waals surface area contributed by atoms with Crippen molar-refractivity contribution in [1.82, 2.24) is 4.90 Å². The predicted molar refractivity (Wildman–Crippen MR) is 49.5 cm³/mol. The summed E-state index contributed by atoms with van der Waals surface area (Å²) in [4.78, 5) is 13.0. The van der Waals surface area contributed by atoms with E-state index in [-0.39, 0.29) is 6.04 Å². The van der Waals surface area contributed by atoms with Crippen LogP contribution in [0.25, 0.3) is 0 Å². The Balaban J connectivity index is 1.90. The number of hydrogen-bond acceptors (Lipinski definition) is 2. The van der Waals surface area contributed by atoms with Crippen LogP contribution in [0.5, 0.6) is 0 Å². The number of aliphatic carboxylic acids is 1. The SMILES string of the molecule is CC(C(=O)O)N(CC1CC1)C1CC1. The fraction of sp³-hybridized carbons (Fsp3) is 0.900. The lowest BCUT2D eigenvalue weighted by atomic mass is 10.2. The van der Waals surface area contributed by atoms with Crippen LogP contribution < -0.4 is 0 Å². The summed E-state index contributed by atoms with van der Waals surface area (Å²) >= 11 is 0. The van der Waals surface area contributed by atoms with Crippen molar-refractivity contribution < 1.29 is 9.90 Å². The molecule has 3 heteroatoms. The summed E-state index contributed by atoms with van der Waals surface area (Å²) < 4.78 is 0. The molecule has 1 unspecified atom stereocenters. The Morgan fingerprint density at radius 3 is 2.46 bits per heavy atom. The molecule has 0 aromatic heterocycles. The van der Waals surface area contributed by atoms with Crippen LogP contribution in [0.3, 0.4) is 0 Å². The molecule has 13 heavy (non-hydrogen) atoms. The largest absolute Gasteiger partial charge is 0.480 e. The Morgan fingerprint density at radius 1 is 1.46 bits per heavy atom. The van der Waals surface area contributed by atoms with Gasteiger partial charge in [0.05, 0.1) is 0 Å². The third kappa shape index (κ3) is 2.21. The summed E-state index contributed by atoms with van der Waals surface area (Å²) in [6, 6.07) is 0.291. The van der Waals surface area contributed by atoms with Crippen LogP contribution in [0.1, 0.15) is 32.6 Å². The highest BCUT2D eigenvalue weighted by Gasteiger charge is 2.38. The lowest BCUT2D eigenvalue weighted by molar-refractivity contribution is -0.143. The molecule has 0 radical (unpaired) electrons. The quantitative estimate of drug-likeness (QED) is 0.699. The maximum absolute atomic E-state index is 10.8. The van der Waals surface area contributed by atoms with Crippen LogP contribution in [0.2, 0.25) is 0 Å². The lowest BCUT2D eigenvalue weighted by Crippen LogP contribution is -2.41. The van der Waals surface area contributed by atoms with Gasteiger partial charge in [0, 0.05) is 12.6 Å². The molecule has 0 amide bonds. The Hall–Kier alpha value is -0.570. The van der Waals surface area contributed by atoms with Crippen molar-refractivity contribution in [2.45, 2.75) is 44.7 Å². The Labute approximate surface area is 78.7 Å². The number of carboxylic acids is 1. The molecule has 2 fully saturated rings. The van der Waals surface area contributed by atoms with Gasteiger partial charge in [0.2, 0.25) is 0 Å². The molecule has 0 bridgehead atoms. The van der Waals surface area contributed by atoms with Crippen LogP contribution in [-0.4, -0.2) is 34.6 Å². The maximum Gasteiger partial charge on any atom is 0.320 e. The third-order valence-corrected chi connectivity index (χ3v) is 3.04. The van der Waals surface area contributed by atoms with Crippen LogP contribution in [0, 0.1) is 5.92 Å². The van der Waals surface area contributed by atoms with Crippen LogP contribution in [0.15, 0.2) is 0 Å². The molecule has 0 aromatic rings. The molecular formula is C10H17NO2. The molecule has 0 heterocycles. The first kappa shape index (κ1) is 9.00. The first-order valence-corrected chi connectivity index (χ1v) is 5.17. The normalized spacial score (nSPS) is 24.8. The van der Waals surface area contributed by atoms with Crippen LogP contribution in [0.4, 0.5) is 0 Å². The molecule has 0 aliphatic heterocycles. The van der Waals surface area contributed by atoms with E-state index < -0.39 is 5.97 Å². The second-order valence-corrected chi connectivity index (χ2v) is 4.39. The summed E-state index contributed by atoms with van der Waals surface area (Å²) in [5.41, 5.74) is 0. The monoisotopic (exact) mass is 183 g/mol. The first-order chi connectivity index (χ1) is 6.18. The van der Waals surface area contributed by atoms with Crippen LogP contribution in [-0.2, 0) is 4.79 Å². The highest BCUT2D eigenvalue weighted by atomic mass is 16.4. The van der Waals surface area contributed by atoms with Crippen molar-refractivity contribution in [2.75, 3.05) is 6.54 Å². The minimum Gasteiger partial charge on any atom is -0.480 e. The van der Waals surface area contributed by atoms with E-state index in [4.69, 9.17) is 5.11 Å². The predicted octanol–water partition coefficient (Wildman–Crippen LogP) is 1.33. The molecule has 2 aliphatic rings. The van der Waals surface area contributed by atoms with Gasteiger partial charge in [0.25, 0.3) is 0 Å². The number of rotatable bonds is 5. The summed E-state index contributed by atoms with van der Waals surface area (Å²) in [5, 5.41) is 8.92. The van der Waals surface area contributed by atoms with E-state index in [9.17, 15) is 4.79 Å². The number of nitrogens with zero attached hydrogens (tertiary/aromatic N) is 1. The van der Waals surface area contributed by atoms with E-state index in [0.29, 0.717) is 6.04 Å². The van der Waals surface area contributed by atoms with E-state index in [1.807, 2.05) is 6.92 Å². The molecule has 1 atom stereocenters. The fourth-order valence-corrected chi connectivity index (χ4v) is 1.77. The van der Waals surface area contributed by atoms with Crippen molar-refractivity contribution >= 4 is 5.97 Å². The highest BCUT2D eigenvalue weighted by molar-refractivity contribution is 5.73. The Kier molecular flexibility index (Phi) is 2.28. The van der Waals surface area contributed by atoms with E-state index in [0.717, 1.165) is 12.5 Å². The molecule has 3 nitrogen and oxygen atoms in total. The zero-order valence-corrected chi connectivity index (χ0v) is 8.07. The van der Waals surface area contributed by atoms with Crippen molar-refractivity contribution in [3.05, 3.63) is 0 Å². The maximum atomic E-state index is 10.8. The molecule has 74 valence electrons. The van der Waals surface area contributed by atoms with Crippen LogP contribution >= 0.6 is 0 Å². The summed E-state index contributed by atoms with van der Waals surface area (Å²) in [5.74, 6) is 0.120. The first-order valence-electron chi connectivity index (χ1n) is 5.17. The second kappa shape index (κ2) is 3.29. The Bertz CT molecular complexity index is 209. The zero-order valence-electron chi connectivity index (χ0n) is 8.07. The molecule has 2 aliphatic carbocycles. The molecule has 0 saturated heterocycles. The van der Waals surface area contributed by atoms with Gasteiger partial charge in [0.15, 0.2) is 0 Å². The van der Waals surface area contributed by atoms with Gasteiger partial charge in [-0.1, -0.05) is 0 Å². The minimum atomic E-state index is -0.674. The zero-order chi connectivity index (χ0) is 9.42. The second-order valence-electron chi connectivity index (χ2n) is 4.39. The van der Waals surface area contributed by atoms with E-state index in [2.05, 4.69) is 4.90 Å². The van der Waals surface area contributed by atoms with Crippen molar-refractivity contribution in [3.8, 4) is 0 Å². The van der Waals surface area contributed by atoms with Gasteiger partial charge in [-0.15, -0.1) is 0 Å². The van der Waals surface area contributed by atoms with Crippen molar-refractivity contribution in [2.24, 2.45) is 5.92 Å². The number of carboxylic acid groups (broad SMARTS) is 1. The van der Waals surface area contributed by atoms with Crippen molar-refractivity contribution in [3.63, 3.8) is 0 Å². The van der Waals surface area contributed by atoms with Gasteiger partial charge in [-0.05, 0) is 38.5 Å². The highest BCUT2D eigenvalue weighted by Crippen LogP contribution is 2.35. The van der Waals surface area contributed by atoms with Gasteiger partial charge in [-0.3, -0.25) is 9.69 Å². The summed E-state index contributed by atoms with van der Waals surface area (Å²) in [6.45, 7) is 2.82. The molecule has 1 N–H and O–H groups in total. The molecule has 0 spiro atoms. The molecular weight excluding hydrogens is 166 g/mol. The van der Waals surface area contributed by atoms with Gasteiger partial charge in [0.1, 0.15) is 6.04 Å². The average Bonchev–Trinajstić information content (AvgIpc) is 2.90. The van der Waals surface area contributed by atoms with E-state index in [1.54, 1.807) is 0 Å².